The fraction of sp³-hybridized carbons (Fsp3) is 0.192. The van der Waals surface area contributed by atoms with Crippen LogP contribution in [0.15, 0.2) is 67.1 Å². The summed E-state index contributed by atoms with van der Waals surface area (Å²) in [7, 11) is 3.11. The molecule has 0 spiro atoms. The highest BCUT2D eigenvalue weighted by Gasteiger charge is 2.24. The molecule has 0 saturated carbocycles. The Morgan fingerprint density at radius 3 is 2.49 bits per heavy atom. The molecule has 0 aliphatic carbocycles. The number of pyridine rings is 2. The summed E-state index contributed by atoms with van der Waals surface area (Å²) in [5, 5.41) is 4.13. The number of nitrogens with zero attached hydrogens (tertiary/aromatic N) is 1. The smallest absolute Gasteiger partial charge is 0.348 e. The van der Waals surface area contributed by atoms with Crippen LogP contribution in [0.3, 0.4) is 0 Å². The number of hydrogen-bond acceptors (Lipinski definition) is 8. The lowest BCUT2D eigenvalue weighted by atomic mass is 10.0. The molecule has 0 unspecified atom stereocenters. The predicted molar refractivity (Wildman–Crippen MR) is 142 cm³/mol. The number of carbonyl (C=O) groups is 1. The fourth-order valence-electron chi connectivity index (χ4n) is 3.55. The molecule has 11 heteroatoms. The van der Waals surface area contributed by atoms with Crippen molar-refractivity contribution in [1.29, 1.82) is 0 Å². The molecule has 0 amide bonds. The summed E-state index contributed by atoms with van der Waals surface area (Å²) in [6.07, 6.45) is 4.59. The number of thiophene rings is 1. The van der Waals surface area contributed by atoms with Gasteiger partial charge in [0.1, 0.15) is 26.8 Å². The van der Waals surface area contributed by atoms with Crippen molar-refractivity contribution >= 4 is 46.3 Å². The summed E-state index contributed by atoms with van der Waals surface area (Å²) >= 11 is 14.2. The highest BCUT2D eigenvalue weighted by Crippen LogP contribution is 2.35. The standard InChI is InChI=1S/C26H23Cl2N3O4S.H2O/c1-33-21-8-6-16(11-23(21)34-2)22(12-18-19(27)14-29-15-20(18)28)35-26(32)24-9-7-17(36-24)13-31-25-5-3-4-10-30-25;/h3-11,14-15,22H,12-13H2,1-2H3,(H,30,31);1H2/t22-;/m0./s1. The molecule has 3 heterocycles. The zero-order valence-electron chi connectivity index (χ0n) is 20.0. The lowest BCUT2D eigenvalue weighted by Gasteiger charge is -2.20. The molecule has 3 aromatic heterocycles. The molecule has 0 fully saturated rings. The van der Waals surface area contributed by atoms with Crippen LogP contribution >= 0.6 is 34.5 Å². The Morgan fingerprint density at radius 2 is 1.81 bits per heavy atom. The number of halogens is 2. The second kappa shape index (κ2) is 13.3. The maximum Gasteiger partial charge on any atom is 0.348 e. The van der Waals surface area contributed by atoms with Gasteiger partial charge >= 0.3 is 5.97 Å². The third-order valence-electron chi connectivity index (χ3n) is 5.39. The number of aromatic nitrogens is 2. The van der Waals surface area contributed by atoms with Crippen LogP contribution in [0.2, 0.25) is 10.0 Å². The van der Waals surface area contributed by atoms with Crippen molar-refractivity contribution in [2.75, 3.05) is 19.5 Å². The second-order valence-electron chi connectivity index (χ2n) is 7.68. The van der Waals surface area contributed by atoms with Gasteiger partial charge in [-0.1, -0.05) is 35.3 Å². The van der Waals surface area contributed by atoms with Crippen molar-refractivity contribution < 1.29 is 29.5 Å². The van der Waals surface area contributed by atoms with E-state index in [1.54, 1.807) is 51.0 Å². The molecule has 37 heavy (non-hydrogen) atoms. The average Bonchev–Trinajstić information content (AvgIpc) is 3.38. The van der Waals surface area contributed by atoms with Crippen molar-refractivity contribution in [3.05, 3.63) is 98.0 Å². The van der Waals surface area contributed by atoms with Crippen LogP contribution in [-0.2, 0) is 17.7 Å². The van der Waals surface area contributed by atoms with E-state index < -0.39 is 12.1 Å². The Morgan fingerprint density at radius 1 is 1.05 bits per heavy atom. The number of H-pyrrole nitrogens is 1. The quantitative estimate of drug-likeness (QED) is 0.241. The first-order chi connectivity index (χ1) is 17.5. The lowest BCUT2D eigenvalue weighted by Crippen LogP contribution is -2.15. The molecule has 0 bridgehead atoms. The maximum atomic E-state index is 13.2. The summed E-state index contributed by atoms with van der Waals surface area (Å²) < 4.78 is 16.8. The molecule has 4 aromatic rings. The summed E-state index contributed by atoms with van der Waals surface area (Å²) in [6, 6.07) is 14.7. The number of nitrogens with one attached hydrogen (secondary N) is 2. The average molecular weight is 562 g/mol. The molecule has 0 saturated heterocycles. The van der Waals surface area contributed by atoms with E-state index in [4.69, 9.17) is 37.4 Å². The van der Waals surface area contributed by atoms with Crippen LogP contribution in [-0.4, -0.2) is 30.6 Å². The molecule has 8 nitrogen and oxygen atoms in total. The normalized spacial score (nSPS) is 11.2. The maximum absolute atomic E-state index is 13.2. The number of hydrogen-bond donors (Lipinski definition) is 1. The van der Waals surface area contributed by atoms with E-state index in [0.717, 1.165) is 16.3 Å². The number of anilines is 1. The van der Waals surface area contributed by atoms with Crippen LogP contribution < -0.4 is 19.8 Å². The largest absolute Gasteiger partial charge is 0.870 e. The first-order valence-corrected chi connectivity index (χ1v) is 12.6. The Balaban J connectivity index is 0.00000380. The van der Waals surface area contributed by atoms with Crippen molar-refractivity contribution in [2.45, 2.75) is 19.1 Å². The number of ether oxygens (including phenoxy) is 3. The van der Waals surface area contributed by atoms with Crippen LogP contribution in [0.1, 0.15) is 31.8 Å². The first kappa shape index (κ1) is 28.2. The molecular weight excluding hydrogens is 537 g/mol. The molecule has 3 N–H and O–H groups in total. The van der Waals surface area contributed by atoms with Crippen LogP contribution in [0.5, 0.6) is 11.5 Å². The van der Waals surface area contributed by atoms with Gasteiger partial charge in [0, 0.05) is 23.1 Å². The van der Waals surface area contributed by atoms with Crippen molar-refractivity contribution in [3.8, 4) is 11.5 Å². The molecule has 194 valence electrons. The zero-order valence-corrected chi connectivity index (χ0v) is 22.4. The van der Waals surface area contributed by atoms with Gasteiger partial charge in [0.2, 0.25) is 0 Å². The molecular formula is C26H25Cl2N3O5S. The van der Waals surface area contributed by atoms with Gasteiger partial charge in [0.25, 0.3) is 0 Å². The Hall–Kier alpha value is -3.37. The van der Waals surface area contributed by atoms with Gasteiger partial charge in [-0.05, 0) is 42.0 Å². The second-order valence-corrected chi connectivity index (χ2v) is 9.66. The number of methoxy groups -OCH3 is 2. The van der Waals surface area contributed by atoms with E-state index in [1.807, 2.05) is 30.3 Å². The van der Waals surface area contributed by atoms with Gasteiger partial charge in [-0.3, -0.25) is 0 Å². The third kappa shape index (κ3) is 7.11. The van der Waals surface area contributed by atoms with Crippen molar-refractivity contribution in [3.63, 3.8) is 0 Å². The van der Waals surface area contributed by atoms with Gasteiger partial charge in [-0.2, -0.15) is 0 Å². The minimum absolute atomic E-state index is 0. The Labute approximate surface area is 228 Å². The summed E-state index contributed by atoms with van der Waals surface area (Å²) in [6.45, 7) is 0.541. The van der Waals surface area contributed by atoms with E-state index in [0.29, 0.717) is 38.5 Å². The highest BCUT2D eigenvalue weighted by atomic mass is 35.5. The highest BCUT2D eigenvalue weighted by molar-refractivity contribution is 7.13. The molecule has 1 aromatic carbocycles. The van der Waals surface area contributed by atoms with Gasteiger partial charge in [0.15, 0.2) is 23.9 Å². The Bertz CT molecular complexity index is 1320. The summed E-state index contributed by atoms with van der Waals surface area (Å²) in [5.74, 6) is 1.41. The lowest BCUT2D eigenvalue weighted by molar-refractivity contribution is -0.377. The fourth-order valence-corrected chi connectivity index (χ4v) is 4.91. The van der Waals surface area contributed by atoms with Gasteiger partial charge in [-0.15, -0.1) is 11.3 Å². The minimum Gasteiger partial charge on any atom is -0.870 e. The summed E-state index contributed by atoms with van der Waals surface area (Å²) in [4.78, 5) is 21.8. The minimum atomic E-state index is -0.674. The van der Waals surface area contributed by atoms with Gasteiger partial charge < -0.3 is 25.0 Å². The number of aromatic amines is 1. The van der Waals surface area contributed by atoms with E-state index in [9.17, 15) is 4.79 Å². The number of carbonyl (C=O) groups excluding carboxylic acids is 1. The van der Waals surface area contributed by atoms with E-state index in [-0.39, 0.29) is 11.9 Å². The first-order valence-electron chi connectivity index (χ1n) is 11.0. The van der Waals surface area contributed by atoms with Crippen LogP contribution in [0.4, 0.5) is 5.82 Å². The molecule has 0 aliphatic heterocycles. The number of esters is 1. The topological polar surface area (TPSA) is 114 Å². The Kier molecular flexibility index (Phi) is 10.1. The number of benzene rings is 1. The molecule has 0 radical (unpaired) electrons. The van der Waals surface area contributed by atoms with Crippen molar-refractivity contribution in [2.24, 2.45) is 0 Å². The molecule has 4 rings (SSSR count). The third-order valence-corrected chi connectivity index (χ3v) is 7.13. The van der Waals surface area contributed by atoms with Gasteiger partial charge in [-0.25, -0.2) is 14.8 Å². The van der Waals surface area contributed by atoms with E-state index in [2.05, 4.69) is 15.3 Å². The number of rotatable bonds is 10. The van der Waals surface area contributed by atoms with Gasteiger partial charge in [0.05, 0.1) is 20.8 Å². The van der Waals surface area contributed by atoms with Crippen LogP contribution in [0.25, 0.3) is 0 Å². The SMILES string of the molecule is COc1ccc([C@H](Cc2c(Cl)c[nH+]cc2Cl)OC(=O)c2ccc(CNc3ccccn3)s2)cc1OC.[OH-]. The molecule has 0 aliphatic rings. The zero-order chi connectivity index (χ0) is 25.5. The predicted octanol–water partition coefficient (Wildman–Crippen LogP) is 5.86. The van der Waals surface area contributed by atoms with Crippen molar-refractivity contribution in [1.82, 2.24) is 4.98 Å². The molecule has 1 atom stereocenters. The summed E-state index contributed by atoms with van der Waals surface area (Å²) in [5.41, 5.74) is 1.38. The van der Waals surface area contributed by atoms with Crippen LogP contribution in [0, 0.1) is 0 Å². The van der Waals surface area contributed by atoms with E-state index in [1.165, 1.54) is 11.3 Å². The monoisotopic (exact) mass is 561 g/mol. The van der Waals surface area contributed by atoms with E-state index >= 15 is 0 Å².